The average Bonchev–Trinajstić information content (AvgIpc) is 3.13. The van der Waals surface area contributed by atoms with Gasteiger partial charge in [-0.25, -0.2) is 20.5 Å². The summed E-state index contributed by atoms with van der Waals surface area (Å²) in [5, 5.41) is 4.77. The molecule has 25 heavy (non-hydrogen) atoms. The van der Waals surface area contributed by atoms with Gasteiger partial charge in [-0.3, -0.25) is 4.79 Å². The van der Waals surface area contributed by atoms with Crippen LogP contribution in [0.25, 0.3) is 0 Å². The Morgan fingerprint density at radius 2 is 2.04 bits per heavy atom. The number of carbonyl (C=O) groups excluding carboxylic acids is 1. The number of Topliss-reactive ketones (excluding diaryl/α,β-unsaturated/α-hetero) is 1. The molecule has 2 heterocycles. The van der Waals surface area contributed by atoms with Crippen LogP contribution in [-0.4, -0.2) is 26.6 Å². The topological polar surface area (TPSA) is 71.8 Å². The number of hydrogen-bond acceptors (Lipinski definition) is 5. The molecule has 4 rings (SSSR count). The highest BCUT2D eigenvalue weighted by Crippen LogP contribution is 2.32. The Hall–Kier alpha value is -2.05. The van der Waals surface area contributed by atoms with Gasteiger partial charge in [0.2, 0.25) is 0 Å². The van der Waals surface area contributed by atoms with E-state index in [0.717, 1.165) is 43.4 Å². The van der Waals surface area contributed by atoms with E-state index in [0.29, 0.717) is 0 Å². The van der Waals surface area contributed by atoms with E-state index in [4.69, 9.17) is 10.1 Å². The summed E-state index contributed by atoms with van der Waals surface area (Å²) in [5.41, 5.74) is 7.62. The minimum Gasteiger partial charge on any atom is -0.298 e. The van der Waals surface area contributed by atoms with E-state index in [1.54, 1.807) is 6.92 Å². The van der Waals surface area contributed by atoms with E-state index in [1.165, 1.54) is 18.4 Å². The number of carbonyl (C=O) groups is 1. The standard InChI is InChI=1S/C19H25N5O/c1-13(25)16-12-17(22-21-16)19-20-18(11-15-7-8-15)23-24(19)10-9-14-5-3-2-4-6-14/h2-6,15-17,21-22H,7-12H2,1H3. The molecule has 2 N–H and O–H groups in total. The summed E-state index contributed by atoms with van der Waals surface area (Å²) in [7, 11) is 0. The molecule has 2 atom stereocenters. The Morgan fingerprint density at radius 1 is 1.24 bits per heavy atom. The van der Waals surface area contributed by atoms with Crippen molar-refractivity contribution in [3.8, 4) is 0 Å². The zero-order valence-electron chi connectivity index (χ0n) is 14.6. The first-order valence-electron chi connectivity index (χ1n) is 9.18. The third-order valence-corrected chi connectivity index (χ3v) is 5.07. The fourth-order valence-electron chi connectivity index (χ4n) is 3.36. The van der Waals surface area contributed by atoms with Crippen LogP contribution >= 0.6 is 0 Å². The minimum atomic E-state index is -0.142. The van der Waals surface area contributed by atoms with Crippen molar-refractivity contribution in [2.45, 2.75) is 57.7 Å². The summed E-state index contributed by atoms with van der Waals surface area (Å²) < 4.78 is 2.03. The number of nitrogens with one attached hydrogen (secondary N) is 2. The average molecular weight is 339 g/mol. The molecule has 6 nitrogen and oxygen atoms in total. The van der Waals surface area contributed by atoms with E-state index >= 15 is 0 Å². The molecule has 2 unspecified atom stereocenters. The Morgan fingerprint density at radius 3 is 2.72 bits per heavy atom. The Balaban J connectivity index is 1.51. The van der Waals surface area contributed by atoms with Gasteiger partial charge in [-0.15, -0.1) is 0 Å². The van der Waals surface area contributed by atoms with Crippen LogP contribution in [0.15, 0.2) is 30.3 Å². The van der Waals surface area contributed by atoms with Crippen molar-refractivity contribution in [2.75, 3.05) is 0 Å². The van der Waals surface area contributed by atoms with Gasteiger partial charge < -0.3 is 0 Å². The molecule has 1 aliphatic heterocycles. The van der Waals surface area contributed by atoms with E-state index in [-0.39, 0.29) is 17.9 Å². The number of ketones is 1. The lowest BCUT2D eigenvalue weighted by atomic mass is 10.1. The molecular formula is C19H25N5O. The third kappa shape index (κ3) is 3.96. The zero-order chi connectivity index (χ0) is 17.2. The van der Waals surface area contributed by atoms with Gasteiger partial charge in [0.1, 0.15) is 11.6 Å². The molecule has 1 aliphatic carbocycles. The summed E-state index contributed by atoms with van der Waals surface area (Å²) in [4.78, 5) is 16.4. The molecule has 1 saturated heterocycles. The van der Waals surface area contributed by atoms with Crippen LogP contribution in [0.5, 0.6) is 0 Å². The quantitative estimate of drug-likeness (QED) is 0.807. The van der Waals surface area contributed by atoms with Crippen molar-refractivity contribution in [1.82, 2.24) is 25.6 Å². The smallest absolute Gasteiger partial charge is 0.151 e. The van der Waals surface area contributed by atoms with Crippen LogP contribution < -0.4 is 10.9 Å². The largest absolute Gasteiger partial charge is 0.298 e. The first-order chi connectivity index (χ1) is 12.2. The fourth-order valence-corrected chi connectivity index (χ4v) is 3.36. The molecular weight excluding hydrogens is 314 g/mol. The minimum absolute atomic E-state index is 0.0325. The van der Waals surface area contributed by atoms with Crippen LogP contribution in [0.1, 0.15) is 49.4 Å². The molecule has 2 aliphatic rings. The summed E-state index contributed by atoms with van der Waals surface area (Å²) in [6.07, 6.45) is 5.22. The molecule has 1 aromatic heterocycles. The highest BCUT2D eigenvalue weighted by molar-refractivity contribution is 5.81. The lowest BCUT2D eigenvalue weighted by molar-refractivity contribution is -0.118. The molecule has 6 heteroatoms. The molecule has 1 saturated carbocycles. The number of hydrogen-bond donors (Lipinski definition) is 2. The van der Waals surface area contributed by atoms with Crippen LogP contribution in [0, 0.1) is 5.92 Å². The molecule has 132 valence electrons. The van der Waals surface area contributed by atoms with Crippen molar-refractivity contribution in [2.24, 2.45) is 5.92 Å². The normalized spacial score (nSPS) is 23.1. The number of benzene rings is 1. The van der Waals surface area contributed by atoms with E-state index in [2.05, 4.69) is 35.1 Å². The summed E-state index contributed by atoms with van der Waals surface area (Å²) in [6, 6.07) is 10.3. The van der Waals surface area contributed by atoms with Gasteiger partial charge in [0.15, 0.2) is 5.82 Å². The molecule has 0 bridgehead atoms. The summed E-state index contributed by atoms with van der Waals surface area (Å²) in [5.74, 6) is 2.81. The monoisotopic (exact) mass is 339 g/mol. The van der Waals surface area contributed by atoms with E-state index in [9.17, 15) is 4.79 Å². The van der Waals surface area contributed by atoms with Gasteiger partial charge in [0, 0.05) is 13.0 Å². The second-order valence-corrected chi connectivity index (χ2v) is 7.23. The maximum absolute atomic E-state index is 11.6. The van der Waals surface area contributed by atoms with Gasteiger partial charge in [-0.1, -0.05) is 30.3 Å². The highest BCUT2D eigenvalue weighted by atomic mass is 16.1. The number of aryl methyl sites for hydroxylation is 2. The predicted octanol–water partition coefficient (Wildman–Crippen LogP) is 1.97. The lowest BCUT2D eigenvalue weighted by Gasteiger charge is -2.11. The van der Waals surface area contributed by atoms with Gasteiger partial charge in [-0.2, -0.15) is 5.10 Å². The summed E-state index contributed by atoms with van der Waals surface area (Å²) >= 11 is 0. The van der Waals surface area contributed by atoms with E-state index in [1.807, 2.05) is 10.7 Å². The van der Waals surface area contributed by atoms with E-state index < -0.39 is 0 Å². The highest BCUT2D eigenvalue weighted by Gasteiger charge is 2.32. The fraction of sp³-hybridized carbons (Fsp3) is 0.526. The maximum Gasteiger partial charge on any atom is 0.151 e. The van der Waals surface area contributed by atoms with Crippen LogP contribution in [-0.2, 0) is 24.2 Å². The number of aromatic nitrogens is 3. The van der Waals surface area contributed by atoms with Crippen molar-refractivity contribution in [1.29, 1.82) is 0 Å². The second-order valence-electron chi connectivity index (χ2n) is 7.23. The van der Waals surface area contributed by atoms with Crippen LogP contribution in [0.2, 0.25) is 0 Å². The lowest BCUT2D eigenvalue weighted by Crippen LogP contribution is -2.35. The summed E-state index contributed by atoms with van der Waals surface area (Å²) in [6.45, 7) is 2.43. The number of nitrogens with zero attached hydrogens (tertiary/aromatic N) is 3. The molecule has 0 radical (unpaired) electrons. The van der Waals surface area contributed by atoms with Gasteiger partial charge in [0.25, 0.3) is 0 Å². The Labute approximate surface area is 148 Å². The zero-order valence-corrected chi connectivity index (χ0v) is 14.6. The van der Waals surface area contributed by atoms with Crippen LogP contribution in [0.4, 0.5) is 0 Å². The van der Waals surface area contributed by atoms with Crippen molar-refractivity contribution >= 4 is 5.78 Å². The first-order valence-corrected chi connectivity index (χ1v) is 9.18. The molecule has 0 amide bonds. The molecule has 1 aromatic carbocycles. The predicted molar refractivity (Wildman–Crippen MR) is 94.7 cm³/mol. The van der Waals surface area contributed by atoms with Crippen molar-refractivity contribution in [3.05, 3.63) is 47.5 Å². The molecule has 2 fully saturated rings. The van der Waals surface area contributed by atoms with Gasteiger partial charge >= 0.3 is 0 Å². The van der Waals surface area contributed by atoms with Crippen molar-refractivity contribution < 1.29 is 4.79 Å². The second kappa shape index (κ2) is 7.06. The van der Waals surface area contributed by atoms with Gasteiger partial charge in [-0.05, 0) is 44.1 Å². The third-order valence-electron chi connectivity index (χ3n) is 5.07. The SMILES string of the molecule is CC(=O)C1CC(c2nc(CC3CC3)nn2CCc2ccccc2)NN1. The Bertz CT molecular complexity index is 738. The molecule has 2 aromatic rings. The van der Waals surface area contributed by atoms with Crippen LogP contribution in [0.3, 0.4) is 0 Å². The van der Waals surface area contributed by atoms with Gasteiger partial charge in [0.05, 0.1) is 12.1 Å². The van der Waals surface area contributed by atoms with Crippen molar-refractivity contribution in [3.63, 3.8) is 0 Å². The maximum atomic E-state index is 11.6. The first kappa shape index (κ1) is 16.4. The Kier molecular flexibility index (Phi) is 4.63. The number of hydrazine groups is 1. The number of rotatable bonds is 7. The molecule has 0 spiro atoms.